The number of benzene rings is 2. The van der Waals surface area contributed by atoms with Crippen LogP contribution >= 0.6 is 23.2 Å². The van der Waals surface area contributed by atoms with Gasteiger partial charge < -0.3 is 30.3 Å². The lowest BCUT2D eigenvalue weighted by atomic mass is 9.78. The van der Waals surface area contributed by atoms with Crippen molar-refractivity contribution in [3.8, 4) is 0 Å². The second-order valence-electron chi connectivity index (χ2n) is 11.9. The summed E-state index contributed by atoms with van der Waals surface area (Å²) in [5.74, 6) is -2.68. The standard InChI is InChI=1S/C35H40Cl2N4O6/c1-46-34(44)31-26(12-11-21-7-4-3-5-8-21)40-27(32(35(45)47-2)33(31)30-24(36)9-6-10-25(30)37)18-29(43)41-16-15-39-20-23(41)17-28(42)22-13-14-38-19-22/h3-10,22-23,33,38-40H,11-20H2,1-2H3. The number of allylic oxidation sites excluding steroid dienone is 1. The number of halogens is 2. The maximum atomic E-state index is 14.2. The summed E-state index contributed by atoms with van der Waals surface area (Å²) in [5, 5.41) is 10.3. The third kappa shape index (κ3) is 7.89. The highest BCUT2D eigenvalue weighted by atomic mass is 35.5. The SMILES string of the molecule is COC(=O)C1=C(CCc2ccccc2)NC(CC(=O)N2CCNCC2CC(=O)C2CCNC2)=C(C(=O)OC)C1c1c(Cl)cccc1Cl. The normalized spacial score (nSPS) is 21.4. The van der Waals surface area contributed by atoms with Crippen molar-refractivity contribution in [2.45, 2.75) is 44.1 Å². The van der Waals surface area contributed by atoms with Gasteiger partial charge in [-0.05, 0) is 43.5 Å². The molecular weight excluding hydrogens is 643 g/mol. The Morgan fingerprint density at radius 2 is 1.49 bits per heavy atom. The van der Waals surface area contributed by atoms with E-state index in [0.29, 0.717) is 50.3 Å². The van der Waals surface area contributed by atoms with Gasteiger partial charge in [0, 0.05) is 65.5 Å². The molecule has 0 aliphatic carbocycles. The first-order chi connectivity index (χ1) is 22.7. The molecule has 250 valence electrons. The van der Waals surface area contributed by atoms with Gasteiger partial charge >= 0.3 is 11.9 Å². The molecule has 12 heteroatoms. The second kappa shape index (κ2) is 15.9. The van der Waals surface area contributed by atoms with Gasteiger partial charge in [-0.3, -0.25) is 9.59 Å². The molecule has 3 heterocycles. The minimum atomic E-state index is -1.08. The van der Waals surface area contributed by atoms with Gasteiger partial charge in [-0.25, -0.2) is 9.59 Å². The molecular formula is C35H40Cl2N4O6. The highest BCUT2D eigenvalue weighted by molar-refractivity contribution is 6.36. The van der Waals surface area contributed by atoms with Crippen LogP contribution in [0.3, 0.4) is 0 Å². The predicted molar refractivity (Wildman–Crippen MR) is 179 cm³/mol. The van der Waals surface area contributed by atoms with E-state index in [1.807, 2.05) is 30.3 Å². The molecule has 3 aliphatic heterocycles. The van der Waals surface area contributed by atoms with Crippen LogP contribution in [-0.4, -0.2) is 81.5 Å². The molecule has 2 aromatic carbocycles. The Morgan fingerprint density at radius 3 is 2.13 bits per heavy atom. The van der Waals surface area contributed by atoms with Crippen LogP contribution in [0.25, 0.3) is 0 Å². The fourth-order valence-corrected chi connectivity index (χ4v) is 7.31. The van der Waals surface area contributed by atoms with Gasteiger partial charge in [-0.2, -0.15) is 0 Å². The molecule has 0 bridgehead atoms. The quantitative estimate of drug-likeness (QED) is 0.302. The average Bonchev–Trinajstić information content (AvgIpc) is 3.63. The highest BCUT2D eigenvalue weighted by Gasteiger charge is 2.42. The summed E-state index contributed by atoms with van der Waals surface area (Å²) in [6, 6.07) is 14.4. The Balaban J connectivity index is 1.56. The second-order valence-corrected chi connectivity index (χ2v) is 12.7. The monoisotopic (exact) mass is 682 g/mol. The number of ether oxygens (including phenoxy) is 2. The zero-order chi connectivity index (χ0) is 33.5. The summed E-state index contributed by atoms with van der Waals surface area (Å²) >= 11 is 13.5. The highest BCUT2D eigenvalue weighted by Crippen LogP contribution is 2.46. The molecule has 0 saturated carbocycles. The lowest BCUT2D eigenvalue weighted by Gasteiger charge is -2.38. The van der Waals surface area contributed by atoms with Crippen LogP contribution in [0.5, 0.6) is 0 Å². The lowest BCUT2D eigenvalue weighted by molar-refractivity contribution is -0.137. The fraction of sp³-hybridized carbons (Fsp3) is 0.429. The Bertz CT molecular complexity index is 1550. The van der Waals surface area contributed by atoms with Gasteiger partial charge in [-0.1, -0.05) is 59.6 Å². The smallest absolute Gasteiger partial charge is 0.336 e. The van der Waals surface area contributed by atoms with Crippen molar-refractivity contribution in [2.24, 2.45) is 5.92 Å². The zero-order valence-electron chi connectivity index (χ0n) is 26.6. The minimum Gasteiger partial charge on any atom is -0.466 e. The Kier molecular flexibility index (Phi) is 11.7. The molecule has 3 atom stereocenters. The van der Waals surface area contributed by atoms with Gasteiger partial charge in [0.1, 0.15) is 5.78 Å². The number of piperazine rings is 1. The van der Waals surface area contributed by atoms with Crippen molar-refractivity contribution in [1.82, 2.24) is 20.9 Å². The minimum absolute atomic E-state index is 0.0412. The summed E-state index contributed by atoms with van der Waals surface area (Å²) in [5.41, 5.74) is 2.33. The molecule has 47 heavy (non-hydrogen) atoms. The van der Waals surface area contributed by atoms with E-state index in [1.54, 1.807) is 23.1 Å². The number of nitrogens with one attached hydrogen (secondary N) is 3. The average molecular weight is 684 g/mol. The topological polar surface area (TPSA) is 126 Å². The van der Waals surface area contributed by atoms with Gasteiger partial charge in [-0.15, -0.1) is 0 Å². The number of aryl methyl sites for hydroxylation is 1. The Labute approximate surface area is 284 Å². The number of nitrogens with zero attached hydrogens (tertiary/aromatic N) is 1. The van der Waals surface area contributed by atoms with Crippen molar-refractivity contribution in [3.05, 3.63) is 92.2 Å². The van der Waals surface area contributed by atoms with E-state index in [1.165, 1.54) is 14.2 Å². The molecule has 3 aliphatic rings. The number of amides is 1. The van der Waals surface area contributed by atoms with Gasteiger partial charge in [0.15, 0.2) is 0 Å². The van der Waals surface area contributed by atoms with Crippen LogP contribution in [0.4, 0.5) is 0 Å². The van der Waals surface area contributed by atoms with Gasteiger partial charge in [0.25, 0.3) is 0 Å². The summed E-state index contributed by atoms with van der Waals surface area (Å²) in [6.07, 6.45) is 1.74. The number of esters is 2. The van der Waals surface area contributed by atoms with Crippen LogP contribution in [0, 0.1) is 5.92 Å². The maximum absolute atomic E-state index is 14.2. The third-order valence-corrected chi connectivity index (χ3v) is 9.75. The van der Waals surface area contributed by atoms with Crippen molar-refractivity contribution < 1.29 is 28.7 Å². The van der Waals surface area contributed by atoms with Crippen LogP contribution in [-0.2, 0) is 35.1 Å². The third-order valence-electron chi connectivity index (χ3n) is 9.09. The number of rotatable bonds is 11. The molecule has 10 nitrogen and oxygen atoms in total. The van der Waals surface area contributed by atoms with E-state index in [0.717, 1.165) is 18.5 Å². The van der Waals surface area contributed by atoms with E-state index in [-0.39, 0.29) is 63.4 Å². The van der Waals surface area contributed by atoms with Crippen molar-refractivity contribution >= 4 is 46.8 Å². The predicted octanol–water partition coefficient (Wildman–Crippen LogP) is 3.93. The van der Waals surface area contributed by atoms with E-state index in [2.05, 4.69) is 16.0 Å². The summed E-state index contributed by atoms with van der Waals surface area (Å²) in [6.45, 7) is 2.93. The molecule has 5 rings (SSSR count). The Morgan fingerprint density at radius 1 is 0.830 bits per heavy atom. The number of hydrogen-bond donors (Lipinski definition) is 3. The molecule has 2 saturated heterocycles. The molecule has 3 N–H and O–H groups in total. The molecule has 0 radical (unpaired) electrons. The first-order valence-corrected chi connectivity index (χ1v) is 16.6. The number of ketones is 1. The van der Waals surface area contributed by atoms with Crippen LogP contribution in [0.2, 0.25) is 10.0 Å². The molecule has 1 amide bonds. The van der Waals surface area contributed by atoms with E-state index < -0.39 is 17.9 Å². The summed E-state index contributed by atoms with van der Waals surface area (Å²) in [7, 11) is 2.51. The number of dihydropyridines is 1. The van der Waals surface area contributed by atoms with E-state index >= 15 is 0 Å². The molecule has 2 fully saturated rings. The number of Topliss-reactive ketones (excluding diaryl/α,β-unsaturated/α-hetero) is 1. The van der Waals surface area contributed by atoms with Crippen LogP contribution < -0.4 is 16.0 Å². The van der Waals surface area contributed by atoms with Crippen LogP contribution in [0.15, 0.2) is 71.1 Å². The molecule has 3 unspecified atom stereocenters. The largest absolute Gasteiger partial charge is 0.466 e. The zero-order valence-corrected chi connectivity index (χ0v) is 28.1. The fourth-order valence-electron chi connectivity index (χ4n) is 6.69. The van der Waals surface area contributed by atoms with Gasteiger partial charge in [0.2, 0.25) is 5.91 Å². The molecule has 0 spiro atoms. The van der Waals surface area contributed by atoms with Gasteiger partial charge in [0.05, 0.1) is 43.7 Å². The van der Waals surface area contributed by atoms with Crippen molar-refractivity contribution in [3.63, 3.8) is 0 Å². The van der Waals surface area contributed by atoms with Crippen molar-refractivity contribution in [1.29, 1.82) is 0 Å². The van der Waals surface area contributed by atoms with Crippen LogP contribution in [0.1, 0.15) is 42.7 Å². The maximum Gasteiger partial charge on any atom is 0.336 e. The number of methoxy groups -OCH3 is 2. The number of hydrogen-bond acceptors (Lipinski definition) is 9. The summed E-state index contributed by atoms with van der Waals surface area (Å²) in [4.78, 5) is 56.3. The van der Waals surface area contributed by atoms with Crippen molar-refractivity contribution in [2.75, 3.05) is 46.9 Å². The van der Waals surface area contributed by atoms with E-state index in [9.17, 15) is 19.2 Å². The first-order valence-electron chi connectivity index (χ1n) is 15.8. The Hall–Kier alpha value is -3.70. The molecule has 0 aromatic heterocycles. The first kappa shape index (κ1) is 34.6. The number of carbonyl (C=O) groups excluding carboxylic acids is 4. The number of carbonyl (C=O) groups is 4. The van der Waals surface area contributed by atoms with E-state index in [4.69, 9.17) is 32.7 Å². The molecule has 2 aromatic rings. The lowest BCUT2D eigenvalue weighted by Crippen LogP contribution is -2.55. The summed E-state index contributed by atoms with van der Waals surface area (Å²) < 4.78 is 10.5.